The average molecular weight is 200 g/mol. The molecular weight excluding hydrogens is 186 g/mol. The van der Waals surface area contributed by atoms with Crippen LogP contribution in [0.5, 0.6) is 0 Å². The van der Waals surface area contributed by atoms with Crippen LogP contribution in [-0.4, -0.2) is 12.5 Å². The molecule has 0 fully saturated rings. The Labute approximate surface area is 84.8 Å². The minimum atomic E-state index is 0. The lowest BCUT2D eigenvalue weighted by Crippen LogP contribution is -2.06. The first-order chi connectivity index (χ1) is 5.75. The van der Waals surface area contributed by atoms with Crippen LogP contribution in [0.2, 0.25) is 0 Å². The molecule has 0 aromatic heterocycles. The Morgan fingerprint density at radius 1 is 1.38 bits per heavy atom. The van der Waals surface area contributed by atoms with E-state index >= 15 is 0 Å². The molecule has 0 amide bonds. The molecule has 2 nitrogen and oxygen atoms in total. The monoisotopic (exact) mass is 199 g/mol. The van der Waals surface area contributed by atoms with Gasteiger partial charge in [0.2, 0.25) is 5.90 Å². The first kappa shape index (κ1) is 12.0. The fourth-order valence-corrected chi connectivity index (χ4v) is 1.05. The highest BCUT2D eigenvalue weighted by Gasteiger charge is 2.03. The van der Waals surface area contributed by atoms with Crippen molar-refractivity contribution in [2.24, 2.45) is 0 Å². The van der Waals surface area contributed by atoms with Gasteiger partial charge in [-0.25, -0.2) is 0 Å². The fraction of sp³-hybridized carbons (Fsp3) is 0.300. The molecular formula is C10H14ClNO. The van der Waals surface area contributed by atoms with E-state index in [0.717, 1.165) is 11.1 Å². The van der Waals surface area contributed by atoms with Crippen LogP contribution in [0.25, 0.3) is 0 Å². The summed E-state index contributed by atoms with van der Waals surface area (Å²) in [6.07, 6.45) is 0. The van der Waals surface area contributed by atoms with E-state index < -0.39 is 0 Å². The van der Waals surface area contributed by atoms with Gasteiger partial charge in [-0.15, -0.1) is 12.4 Å². The lowest BCUT2D eigenvalue weighted by Gasteiger charge is -2.06. The number of ether oxygens (including phenoxy) is 1. The Bertz CT molecular complexity index is 286. The molecule has 0 aliphatic heterocycles. The predicted octanol–water partition coefficient (Wildman–Crippen LogP) is 2.78. The van der Waals surface area contributed by atoms with Crippen molar-refractivity contribution in [2.45, 2.75) is 13.8 Å². The highest BCUT2D eigenvalue weighted by Crippen LogP contribution is 2.07. The number of hydrogen-bond acceptors (Lipinski definition) is 2. The predicted molar refractivity (Wildman–Crippen MR) is 56.9 cm³/mol. The smallest absolute Gasteiger partial charge is 0.213 e. The molecule has 0 unspecified atom stereocenters. The fourth-order valence-electron chi connectivity index (χ4n) is 1.05. The quantitative estimate of drug-likeness (QED) is 0.577. The lowest BCUT2D eigenvalue weighted by molar-refractivity contribution is 0.325. The Morgan fingerprint density at radius 3 is 2.54 bits per heavy atom. The SMILES string of the molecule is CCOC(=N)c1ccccc1C.Cl. The second kappa shape index (κ2) is 5.60. The van der Waals surface area contributed by atoms with Crippen molar-refractivity contribution in [1.29, 1.82) is 5.41 Å². The van der Waals surface area contributed by atoms with Gasteiger partial charge in [-0.1, -0.05) is 18.2 Å². The molecule has 1 rings (SSSR count). The lowest BCUT2D eigenvalue weighted by atomic mass is 10.1. The molecule has 0 aliphatic rings. The molecule has 0 aliphatic carbocycles. The molecule has 1 aromatic rings. The van der Waals surface area contributed by atoms with Crippen molar-refractivity contribution in [3.63, 3.8) is 0 Å². The summed E-state index contributed by atoms with van der Waals surface area (Å²) >= 11 is 0. The second-order valence-electron chi connectivity index (χ2n) is 2.58. The van der Waals surface area contributed by atoms with Crippen LogP contribution < -0.4 is 0 Å². The van der Waals surface area contributed by atoms with E-state index in [1.807, 2.05) is 38.1 Å². The van der Waals surface area contributed by atoms with Gasteiger partial charge in [0.25, 0.3) is 0 Å². The van der Waals surface area contributed by atoms with Crippen molar-refractivity contribution in [3.8, 4) is 0 Å². The van der Waals surface area contributed by atoms with Crippen LogP contribution in [0.3, 0.4) is 0 Å². The third kappa shape index (κ3) is 3.07. The molecule has 0 radical (unpaired) electrons. The summed E-state index contributed by atoms with van der Waals surface area (Å²) in [4.78, 5) is 0. The second-order valence-corrected chi connectivity index (χ2v) is 2.58. The van der Waals surface area contributed by atoms with Crippen LogP contribution >= 0.6 is 12.4 Å². The number of halogens is 1. The number of hydrogen-bond donors (Lipinski definition) is 1. The van der Waals surface area contributed by atoms with E-state index in [1.165, 1.54) is 0 Å². The molecule has 3 heteroatoms. The van der Waals surface area contributed by atoms with E-state index in [-0.39, 0.29) is 18.3 Å². The molecule has 0 bridgehead atoms. The topological polar surface area (TPSA) is 33.1 Å². The van der Waals surface area contributed by atoms with Crippen molar-refractivity contribution >= 4 is 18.3 Å². The summed E-state index contributed by atoms with van der Waals surface area (Å²) in [6.45, 7) is 4.41. The molecule has 72 valence electrons. The Balaban J connectivity index is 0.00000144. The summed E-state index contributed by atoms with van der Waals surface area (Å²) in [7, 11) is 0. The van der Waals surface area contributed by atoms with Crippen molar-refractivity contribution in [3.05, 3.63) is 35.4 Å². The molecule has 0 spiro atoms. The van der Waals surface area contributed by atoms with Gasteiger partial charge in [-0.05, 0) is 25.5 Å². The van der Waals surface area contributed by atoms with Gasteiger partial charge in [-0.2, -0.15) is 0 Å². The van der Waals surface area contributed by atoms with Gasteiger partial charge in [-0.3, -0.25) is 5.41 Å². The van der Waals surface area contributed by atoms with E-state index in [0.29, 0.717) is 6.61 Å². The zero-order valence-electron chi connectivity index (χ0n) is 7.83. The van der Waals surface area contributed by atoms with E-state index in [4.69, 9.17) is 10.1 Å². The number of aryl methyl sites for hydroxylation is 1. The maximum atomic E-state index is 7.55. The average Bonchev–Trinajstić information content (AvgIpc) is 2.05. The van der Waals surface area contributed by atoms with Gasteiger partial charge >= 0.3 is 0 Å². The minimum absolute atomic E-state index is 0. The van der Waals surface area contributed by atoms with Crippen molar-refractivity contribution in [2.75, 3.05) is 6.61 Å². The maximum Gasteiger partial charge on any atom is 0.213 e. The van der Waals surface area contributed by atoms with Crippen LogP contribution in [0.4, 0.5) is 0 Å². The van der Waals surface area contributed by atoms with E-state index in [2.05, 4.69) is 0 Å². The summed E-state index contributed by atoms with van der Waals surface area (Å²) in [6, 6.07) is 7.74. The Hall–Kier alpha value is -1.02. The summed E-state index contributed by atoms with van der Waals surface area (Å²) in [5.41, 5.74) is 1.95. The summed E-state index contributed by atoms with van der Waals surface area (Å²) in [5.74, 6) is 0.260. The van der Waals surface area contributed by atoms with Gasteiger partial charge in [0.05, 0.1) is 6.61 Å². The molecule has 0 atom stereocenters. The molecule has 1 aromatic carbocycles. The zero-order valence-corrected chi connectivity index (χ0v) is 8.65. The van der Waals surface area contributed by atoms with Gasteiger partial charge in [0.15, 0.2) is 0 Å². The van der Waals surface area contributed by atoms with Crippen LogP contribution in [0.15, 0.2) is 24.3 Å². The highest BCUT2D eigenvalue weighted by molar-refractivity contribution is 5.92. The van der Waals surface area contributed by atoms with Crippen molar-refractivity contribution < 1.29 is 4.74 Å². The third-order valence-corrected chi connectivity index (χ3v) is 1.68. The van der Waals surface area contributed by atoms with Gasteiger partial charge < -0.3 is 4.74 Å². The largest absolute Gasteiger partial charge is 0.478 e. The number of nitrogens with one attached hydrogen (secondary N) is 1. The zero-order chi connectivity index (χ0) is 8.97. The van der Waals surface area contributed by atoms with E-state index in [9.17, 15) is 0 Å². The van der Waals surface area contributed by atoms with Crippen LogP contribution in [0, 0.1) is 12.3 Å². The standard InChI is InChI=1S/C10H13NO.ClH/c1-3-12-10(11)9-7-5-4-6-8(9)2;/h4-7,11H,3H2,1-2H3;1H. The minimum Gasteiger partial charge on any atom is -0.478 e. The molecule has 13 heavy (non-hydrogen) atoms. The molecule has 0 saturated heterocycles. The summed E-state index contributed by atoms with van der Waals surface area (Å²) < 4.78 is 5.09. The number of rotatable bonds is 2. The Kier molecular flexibility index (Phi) is 5.16. The van der Waals surface area contributed by atoms with Crippen LogP contribution in [0.1, 0.15) is 18.1 Å². The Morgan fingerprint density at radius 2 is 2.00 bits per heavy atom. The first-order valence-corrected chi connectivity index (χ1v) is 4.03. The van der Waals surface area contributed by atoms with Gasteiger partial charge in [0.1, 0.15) is 0 Å². The highest BCUT2D eigenvalue weighted by atomic mass is 35.5. The molecule has 1 N–H and O–H groups in total. The van der Waals surface area contributed by atoms with Crippen molar-refractivity contribution in [1.82, 2.24) is 0 Å². The molecule has 0 heterocycles. The number of benzene rings is 1. The normalized spacial score (nSPS) is 8.77. The maximum absolute atomic E-state index is 7.55. The first-order valence-electron chi connectivity index (χ1n) is 4.03. The third-order valence-electron chi connectivity index (χ3n) is 1.68. The van der Waals surface area contributed by atoms with Crippen LogP contribution in [-0.2, 0) is 4.74 Å². The molecule has 0 saturated carbocycles. The van der Waals surface area contributed by atoms with Gasteiger partial charge in [0, 0.05) is 5.56 Å². The van der Waals surface area contributed by atoms with E-state index in [1.54, 1.807) is 0 Å². The summed E-state index contributed by atoms with van der Waals surface area (Å²) in [5, 5.41) is 7.55.